The average Bonchev–Trinajstić information content (AvgIpc) is 2.37. The lowest BCUT2D eigenvalue weighted by atomic mass is 10.2. The van der Waals surface area contributed by atoms with Crippen molar-refractivity contribution in [3.63, 3.8) is 0 Å². The highest BCUT2D eigenvalue weighted by Crippen LogP contribution is 2.17. The van der Waals surface area contributed by atoms with Crippen molar-refractivity contribution >= 4 is 5.78 Å². The highest BCUT2D eigenvalue weighted by molar-refractivity contribution is 5.97. The van der Waals surface area contributed by atoms with Crippen molar-refractivity contribution in [1.82, 2.24) is 0 Å². The Kier molecular flexibility index (Phi) is 3.09. The fraction of sp³-hybridized carbons (Fsp3) is 0.500. The first kappa shape index (κ1) is 8.25. The Bertz CT molecular complexity index is 199. The van der Waals surface area contributed by atoms with Crippen molar-refractivity contribution in [3.8, 4) is 0 Å². The zero-order chi connectivity index (χ0) is 8.10. The van der Waals surface area contributed by atoms with Crippen LogP contribution in [0.4, 0.5) is 0 Å². The van der Waals surface area contributed by atoms with Gasteiger partial charge < -0.3 is 0 Å². The van der Waals surface area contributed by atoms with Gasteiger partial charge in [0.05, 0.1) is 0 Å². The Hall–Kier alpha value is -0.850. The Balaban J connectivity index is 2.37. The summed E-state index contributed by atoms with van der Waals surface area (Å²) in [5.74, 6) is 0.339. The van der Waals surface area contributed by atoms with Crippen LogP contribution in [-0.2, 0) is 4.79 Å². The molecule has 0 saturated carbocycles. The fourth-order valence-corrected chi connectivity index (χ4v) is 1.23. The van der Waals surface area contributed by atoms with E-state index in [0.717, 1.165) is 31.3 Å². The number of hydrogen-bond donors (Lipinski definition) is 0. The van der Waals surface area contributed by atoms with E-state index in [0.29, 0.717) is 5.78 Å². The first-order valence-electron chi connectivity index (χ1n) is 4.22. The van der Waals surface area contributed by atoms with Crippen molar-refractivity contribution in [2.45, 2.75) is 32.6 Å². The molecule has 11 heavy (non-hydrogen) atoms. The molecule has 0 heterocycles. The third-order valence-electron chi connectivity index (χ3n) is 1.86. The van der Waals surface area contributed by atoms with Crippen molar-refractivity contribution < 1.29 is 4.79 Å². The number of carbonyl (C=O) groups is 1. The van der Waals surface area contributed by atoms with Crippen LogP contribution in [0.25, 0.3) is 0 Å². The summed E-state index contributed by atoms with van der Waals surface area (Å²) >= 11 is 0. The molecule has 1 nitrogen and oxygen atoms in total. The summed E-state index contributed by atoms with van der Waals surface area (Å²) in [5.41, 5.74) is 1.01. The molecule has 1 rings (SSSR count). The molecule has 0 aromatic carbocycles. The summed E-state index contributed by atoms with van der Waals surface area (Å²) < 4.78 is 0. The molecule has 0 atom stereocenters. The van der Waals surface area contributed by atoms with Gasteiger partial charge in [-0.1, -0.05) is 25.2 Å². The highest BCUT2D eigenvalue weighted by Gasteiger charge is 2.12. The second kappa shape index (κ2) is 4.12. The fourth-order valence-electron chi connectivity index (χ4n) is 1.23. The number of hydrogen-bond acceptors (Lipinski definition) is 1. The van der Waals surface area contributed by atoms with Gasteiger partial charge in [0.1, 0.15) is 0 Å². The van der Waals surface area contributed by atoms with Crippen LogP contribution in [0.5, 0.6) is 0 Å². The molecular weight excluding hydrogens is 137 g/mol. The molecule has 0 aliphatic heterocycles. The zero-order valence-corrected chi connectivity index (χ0v) is 6.97. The van der Waals surface area contributed by atoms with Crippen molar-refractivity contribution in [2.24, 2.45) is 0 Å². The first-order chi connectivity index (χ1) is 5.34. The molecule has 0 spiro atoms. The van der Waals surface area contributed by atoms with E-state index in [1.807, 2.05) is 0 Å². The lowest BCUT2D eigenvalue weighted by molar-refractivity contribution is -0.114. The first-order valence-corrected chi connectivity index (χ1v) is 4.22. The van der Waals surface area contributed by atoms with Gasteiger partial charge in [-0.05, 0) is 24.8 Å². The minimum atomic E-state index is 0.339. The van der Waals surface area contributed by atoms with Crippen molar-refractivity contribution in [2.75, 3.05) is 0 Å². The van der Waals surface area contributed by atoms with Crippen LogP contribution in [0.1, 0.15) is 32.6 Å². The maximum Gasteiger partial charge on any atom is 0.159 e. The van der Waals surface area contributed by atoms with Crippen LogP contribution in [0.15, 0.2) is 23.8 Å². The van der Waals surface area contributed by atoms with Gasteiger partial charge >= 0.3 is 0 Å². The van der Waals surface area contributed by atoms with Gasteiger partial charge in [0.15, 0.2) is 5.78 Å². The van der Waals surface area contributed by atoms with Crippen LogP contribution >= 0.6 is 0 Å². The summed E-state index contributed by atoms with van der Waals surface area (Å²) in [4.78, 5) is 11.1. The topological polar surface area (TPSA) is 17.1 Å². The maximum absolute atomic E-state index is 11.1. The molecule has 1 aliphatic rings. The molecular formula is C10H14O. The number of carbonyl (C=O) groups excluding carboxylic acids is 1. The van der Waals surface area contributed by atoms with E-state index in [1.54, 1.807) is 0 Å². The van der Waals surface area contributed by atoms with Crippen LogP contribution in [0.2, 0.25) is 0 Å². The molecule has 0 N–H and O–H groups in total. The normalized spacial score (nSPS) is 17.9. The molecule has 0 unspecified atom stereocenters. The molecule has 60 valence electrons. The second-order valence-corrected chi connectivity index (χ2v) is 2.77. The minimum absolute atomic E-state index is 0.339. The van der Waals surface area contributed by atoms with Gasteiger partial charge in [-0.3, -0.25) is 4.79 Å². The van der Waals surface area contributed by atoms with E-state index in [1.165, 1.54) is 0 Å². The predicted molar refractivity (Wildman–Crippen MR) is 46.4 cm³/mol. The SMILES string of the molecule is CC/C=C\CC1=CCC[13C]1=O. The van der Waals surface area contributed by atoms with Crippen molar-refractivity contribution in [3.05, 3.63) is 23.8 Å². The third-order valence-corrected chi connectivity index (χ3v) is 1.86. The quantitative estimate of drug-likeness (QED) is 0.447. The Morgan fingerprint density at radius 3 is 2.91 bits per heavy atom. The standard InChI is InChI=1S/C10H14O/c1-2-3-4-6-9-7-5-8-10(9)11/h3-4,7H,2,5-6,8H2,1H3/b4-3-/i10+1. The van der Waals surface area contributed by atoms with E-state index in [2.05, 4.69) is 25.2 Å². The van der Waals surface area contributed by atoms with Crippen molar-refractivity contribution in [1.29, 1.82) is 0 Å². The molecule has 0 aromatic rings. The summed E-state index contributed by atoms with van der Waals surface area (Å²) in [6.07, 6.45) is 9.82. The molecule has 1 heteroatoms. The molecule has 0 bridgehead atoms. The van der Waals surface area contributed by atoms with Gasteiger partial charge in [0.25, 0.3) is 0 Å². The van der Waals surface area contributed by atoms with Crippen LogP contribution < -0.4 is 0 Å². The smallest absolute Gasteiger partial charge is 0.159 e. The van der Waals surface area contributed by atoms with Gasteiger partial charge in [0.2, 0.25) is 0 Å². The Morgan fingerprint density at radius 1 is 1.55 bits per heavy atom. The van der Waals surface area contributed by atoms with Crippen LogP contribution in [-0.4, -0.2) is 5.78 Å². The molecule has 0 saturated heterocycles. The molecule has 0 amide bonds. The number of allylic oxidation sites excluding steroid dienone is 4. The largest absolute Gasteiger partial charge is 0.295 e. The number of ketones is 1. The van der Waals surface area contributed by atoms with E-state index in [-0.39, 0.29) is 0 Å². The lowest BCUT2D eigenvalue weighted by Crippen LogP contribution is -1.93. The van der Waals surface area contributed by atoms with E-state index in [4.69, 9.17) is 0 Å². The van der Waals surface area contributed by atoms with Gasteiger partial charge in [0, 0.05) is 6.42 Å². The molecule has 1 aliphatic carbocycles. The predicted octanol–water partition coefficient (Wildman–Crippen LogP) is 2.63. The van der Waals surface area contributed by atoms with Crippen LogP contribution in [0.3, 0.4) is 0 Å². The van der Waals surface area contributed by atoms with Crippen LogP contribution in [0, 0.1) is 0 Å². The monoisotopic (exact) mass is 151 g/mol. The van der Waals surface area contributed by atoms with Gasteiger partial charge in [-0.25, -0.2) is 0 Å². The third kappa shape index (κ3) is 2.34. The molecule has 0 aromatic heterocycles. The summed E-state index contributed by atoms with van der Waals surface area (Å²) in [7, 11) is 0. The lowest BCUT2D eigenvalue weighted by Gasteiger charge is -1.92. The maximum atomic E-state index is 11.1. The molecule has 0 radical (unpaired) electrons. The Morgan fingerprint density at radius 2 is 2.36 bits per heavy atom. The minimum Gasteiger partial charge on any atom is -0.295 e. The van der Waals surface area contributed by atoms with E-state index < -0.39 is 0 Å². The average molecular weight is 151 g/mol. The number of Topliss-reactive ketones (excluding diaryl/α,β-unsaturated/α-hetero) is 1. The summed E-state index contributed by atoms with van der Waals surface area (Å²) in [5, 5.41) is 0. The summed E-state index contributed by atoms with van der Waals surface area (Å²) in [6.45, 7) is 2.10. The second-order valence-electron chi connectivity index (χ2n) is 2.77. The zero-order valence-electron chi connectivity index (χ0n) is 6.97. The summed E-state index contributed by atoms with van der Waals surface area (Å²) in [6, 6.07) is 0. The van der Waals surface area contributed by atoms with E-state index in [9.17, 15) is 4.79 Å². The van der Waals surface area contributed by atoms with Gasteiger partial charge in [-0.2, -0.15) is 0 Å². The number of rotatable bonds is 3. The highest BCUT2D eigenvalue weighted by atomic mass is 16.2. The van der Waals surface area contributed by atoms with Gasteiger partial charge in [-0.15, -0.1) is 0 Å². The van der Waals surface area contributed by atoms with E-state index >= 15 is 0 Å². The molecule has 0 fully saturated rings. The Labute approximate surface area is 67.8 Å².